The van der Waals surface area contributed by atoms with Crippen LogP contribution in [0.15, 0.2) is 47.5 Å². The number of piperazine rings is 2. The van der Waals surface area contributed by atoms with Crippen molar-refractivity contribution in [1.82, 2.24) is 24.4 Å². The molecule has 2 aromatic rings. The highest BCUT2D eigenvalue weighted by molar-refractivity contribution is 7.89. The van der Waals surface area contributed by atoms with Crippen molar-refractivity contribution in [3.63, 3.8) is 0 Å². The molecule has 0 aliphatic carbocycles. The van der Waals surface area contributed by atoms with E-state index in [0.29, 0.717) is 6.54 Å². The van der Waals surface area contributed by atoms with E-state index in [2.05, 4.69) is 27.1 Å². The van der Waals surface area contributed by atoms with Crippen LogP contribution >= 0.6 is 0 Å². The second-order valence-corrected chi connectivity index (χ2v) is 10.2. The number of amides is 2. The van der Waals surface area contributed by atoms with Gasteiger partial charge in [0.15, 0.2) is 0 Å². The SMILES string of the molecule is CN1CCN(c2ncccc2CNC(=O)N2CCN(S(=O)(=O)c3cccc(F)c3)CC2)CC1. The Kier molecular flexibility index (Phi) is 7.11. The van der Waals surface area contributed by atoms with Gasteiger partial charge in [-0.2, -0.15) is 4.31 Å². The molecular formula is C22H29FN6O3S. The first-order valence-corrected chi connectivity index (χ1v) is 12.4. The number of halogens is 1. The highest BCUT2D eigenvalue weighted by atomic mass is 32.2. The summed E-state index contributed by atoms with van der Waals surface area (Å²) in [4.78, 5) is 23.3. The maximum Gasteiger partial charge on any atom is 0.317 e. The molecule has 0 bridgehead atoms. The molecule has 1 aromatic carbocycles. The average Bonchev–Trinajstić information content (AvgIpc) is 2.83. The Morgan fingerprint density at radius 2 is 1.76 bits per heavy atom. The predicted molar refractivity (Wildman–Crippen MR) is 123 cm³/mol. The molecule has 4 rings (SSSR count). The molecule has 9 nitrogen and oxygen atoms in total. The Morgan fingerprint density at radius 1 is 1.03 bits per heavy atom. The first-order chi connectivity index (χ1) is 15.8. The van der Waals surface area contributed by atoms with Crippen LogP contribution in [-0.4, -0.2) is 92.9 Å². The van der Waals surface area contributed by atoms with E-state index in [-0.39, 0.29) is 37.1 Å². The molecule has 0 saturated carbocycles. The van der Waals surface area contributed by atoms with Gasteiger partial charge in [0, 0.05) is 70.7 Å². The van der Waals surface area contributed by atoms with Gasteiger partial charge in [-0.3, -0.25) is 0 Å². The van der Waals surface area contributed by atoms with Crippen molar-refractivity contribution in [2.24, 2.45) is 0 Å². The maximum atomic E-state index is 13.5. The summed E-state index contributed by atoms with van der Waals surface area (Å²) in [5.41, 5.74) is 0.947. The van der Waals surface area contributed by atoms with Gasteiger partial charge < -0.3 is 20.0 Å². The average molecular weight is 477 g/mol. The number of hydrogen-bond acceptors (Lipinski definition) is 6. The summed E-state index contributed by atoms with van der Waals surface area (Å²) in [6, 6.07) is 8.55. The van der Waals surface area contributed by atoms with Gasteiger partial charge in [-0.05, 0) is 31.3 Å². The highest BCUT2D eigenvalue weighted by Gasteiger charge is 2.30. The van der Waals surface area contributed by atoms with Crippen LogP contribution in [0.4, 0.5) is 15.0 Å². The minimum absolute atomic E-state index is 0.0755. The lowest BCUT2D eigenvalue weighted by molar-refractivity contribution is 0.172. The van der Waals surface area contributed by atoms with Gasteiger partial charge in [-0.1, -0.05) is 12.1 Å². The quantitative estimate of drug-likeness (QED) is 0.698. The summed E-state index contributed by atoms with van der Waals surface area (Å²) in [5, 5.41) is 2.94. The van der Waals surface area contributed by atoms with E-state index in [4.69, 9.17) is 0 Å². The summed E-state index contributed by atoms with van der Waals surface area (Å²) < 4.78 is 40.3. The lowest BCUT2D eigenvalue weighted by Gasteiger charge is -2.35. The number of rotatable bonds is 5. The molecule has 1 N–H and O–H groups in total. The van der Waals surface area contributed by atoms with Crippen LogP contribution in [0.5, 0.6) is 0 Å². The fourth-order valence-electron chi connectivity index (χ4n) is 4.06. The third kappa shape index (κ3) is 5.43. The second kappa shape index (κ2) is 10.0. The molecular weight excluding hydrogens is 447 g/mol. The molecule has 2 aliphatic rings. The van der Waals surface area contributed by atoms with Crippen LogP contribution in [0.3, 0.4) is 0 Å². The largest absolute Gasteiger partial charge is 0.354 e. The number of aromatic nitrogens is 1. The molecule has 2 aliphatic heterocycles. The van der Waals surface area contributed by atoms with Gasteiger partial charge in [-0.15, -0.1) is 0 Å². The van der Waals surface area contributed by atoms with Gasteiger partial charge in [0.2, 0.25) is 10.0 Å². The zero-order valence-electron chi connectivity index (χ0n) is 18.7. The van der Waals surface area contributed by atoms with E-state index in [1.807, 2.05) is 12.1 Å². The number of pyridine rings is 1. The van der Waals surface area contributed by atoms with E-state index in [1.54, 1.807) is 11.1 Å². The Labute approximate surface area is 193 Å². The fraction of sp³-hybridized carbons (Fsp3) is 0.455. The standard InChI is InChI=1S/C22H29FN6O3S/c1-26-8-10-27(11-9-26)21-18(4-3-7-24-21)17-25-22(30)28-12-14-29(15-13-28)33(31,32)20-6-2-5-19(23)16-20/h2-7,16H,8-15,17H2,1H3,(H,25,30). The van der Waals surface area contributed by atoms with Crippen LogP contribution in [0.2, 0.25) is 0 Å². The van der Waals surface area contributed by atoms with Gasteiger partial charge in [0.1, 0.15) is 11.6 Å². The van der Waals surface area contributed by atoms with Crippen LogP contribution in [0.25, 0.3) is 0 Å². The number of carbonyl (C=O) groups is 1. The predicted octanol–water partition coefficient (Wildman–Crippen LogP) is 1.19. The van der Waals surface area contributed by atoms with E-state index < -0.39 is 15.8 Å². The molecule has 0 atom stereocenters. The van der Waals surface area contributed by atoms with Crippen LogP contribution in [0, 0.1) is 5.82 Å². The van der Waals surface area contributed by atoms with E-state index in [0.717, 1.165) is 43.6 Å². The van der Waals surface area contributed by atoms with Gasteiger partial charge in [-0.25, -0.2) is 22.6 Å². The van der Waals surface area contributed by atoms with Gasteiger partial charge >= 0.3 is 6.03 Å². The van der Waals surface area contributed by atoms with Crippen LogP contribution in [0.1, 0.15) is 5.56 Å². The van der Waals surface area contributed by atoms with Crippen molar-refractivity contribution in [2.45, 2.75) is 11.4 Å². The second-order valence-electron chi connectivity index (χ2n) is 8.28. The maximum absolute atomic E-state index is 13.5. The third-order valence-electron chi connectivity index (χ3n) is 6.06. The van der Waals surface area contributed by atoms with Gasteiger partial charge in [0.05, 0.1) is 4.90 Å². The smallest absolute Gasteiger partial charge is 0.317 e. The Balaban J connectivity index is 1.32. The molecule has 0 radical (unpaired) electrons. The van der Waals surface area contributed by atoms with Crippen molar-refractivity contribution in [1.29, 1.82) is 0 Å². The summed E-state index contributed by atoms with van der Waals surface area (Å²) in [6.07, 6.45) is 1.76. The van der Waals surface area contributed by atoms with Crippen LogP contribution in [-0.2, 0) is 16.6 Å². The molecule has 2 amide bonds. The van der Waals surface area contributed by atoms with E-state index >= 15 is 0 Å². The number of hydrogen-bond donors (Lipinski definition) is 1. The number of anilines is 1. The molecule has 178 valence electrons. The summed E-state index contributed by atoms with van der Waals surface area (Å²) in [5.74, 6) is 0.289. The molecule has 0 spiro atoms. The summed E-state index contributed by atoms with van der Waals surface area (Å²) in [6.45, 7) is 4.88. The van der Waals surface area contributed by atoms with Crippen molar-refractivity contribution in [3.05, 3.63) is 54.0 Å². The Hall–Kier alpha value is -2.76. The molecule has 33 heavy (non-hydrogen) atoms. The Bertz CT molecular complexity index is 1080. The first kappa shape index (κ1) is 23.4. The fourth-order valence-corrected chi connectivity index (χ4v) is 5.52. The number of sulfonamides is 1. The number of nitrogens with zero attached hydrogens (tertiary/aromatic N) is 5. The highest BCUT2D eigenvalue weighted by Crippen LogP contribution is 2.20. The van der Waals surface area contributed by atoms with E-state index in [1.165, 1.54) is 22.5 Å². The molecule has 2 saturated heterocycles. The number of carbonyl (C=O) groups excluding carboxylic acids is 1. The van der Waals surface area contributed by atoms with Crippen molar-refractivity contribution >= 4 is 21.9 Å². The van der Waals surface area contributed by atoms with E-state index in [9.17, 15) is 17.6 Å². The topological polar surface area (TPSA) is 89.1 Å². The number of likely N-dealkylation sites (N-methyl/N-ethyl adjacent to an activating group) is 1. The molecule has 11 heteroatoms. The summed E-state index contributed by atoms with van der Waals surface area (Å²) >= 11 is 0. The number of benzene rings is 1. The molecule has 3 heterocycles. The Morgan fingerprint density at radius 3 is 2.45 bits per heavy atom. The van der Waals surface area contributed by atoms with Gasteiger partial charge in [0.25, 0.3) is 0 Å². The minimum atomic E-state index is -3.79. The molecule has 1 aromatic heterocycles. The van der Waals surface area contributed by atoms with Crippen LogP contribution < -0.4 is 10.2 Å². The summed E-state index contributed by atoms with van der Waals surface area (Å²) in [7, 11) is -1.70. The third-order valence-corrected chi connectivity index (χ3v) is 7.95. The zero-order chi connectivity index (χ0) is 23.4. The molecule has 0 unspecified atom stereocenters. The van der Waals surface area contributed by atoms with Crippen molar-refractivity contribution < 1.29 is 17.6 Å². The zero-order valence-corrected chi connectivity index (χ0v) is 19.5. The molecule has 2 fully saturated rings. The lowest BCUT2D eigenvalue weighted by atomic mass is 10.2. The van der Waals surface area contributed by atoms with Crippen molar-refractivity contribution in [3.8, 4) is 0 Å². The minimum Gasteiger partial charge on any atom is -0.354 e. The normalized spacial score (nSPS) is 18.4. The lowest BCUT2D eigenvalue weighted by Crippen LogP contribution is -2.53. The monoisotopic (exact) mass is 476 g/mol. The number of urea groups is 1. The first-order valence-electron chi connectivity index (χ1n) is 11.0. The van der Waals surface area contributed by atoms with Crippen molar-refractivity contribution in [2.75, 3.05) is 64.3 Å². The number of nitrogens with one attached hydrogen (secondary N) is 1.